The van der Waals surface area contributed by atoms with Gasteiger partial charge in [0.1, 0.15) is 6.04 Å². The summed E-state index contributed by atoms with van der Waals surface area (Å²) >= 11 is 0. The van der Waals surface area contributed by atoms with Crippen LogP contribution in [-0.2, 0) is 14.8 Å². The molecule has 1 aliphatic carbocycles. The summed E-state index contributed by atoms with van der Waals surface area (Å²) in [7, 11) is -3.15. The number of rotatable bonds is 4. The molecule has 4 unspecified atom stereocenters. The van der Waals surface area contributed by atoms with E-state index >= 15 is 0 Å². The van der Waals surface area contributed by atoms with Gasteiger partial charge in [-0.25, -0.2) is 12.7 Å². The first-order valence-electron chi connectivity index (χ1n) is 8.80. The van der Waals surface area contributed by atoms with Crippen molar-refractivity contribution in [2.75, 3.05) is 25.9 Å². The Morgan fingerprint density at radius 3 is 2.61 bits per heavy atom. The fourth-order valence-corrected chi connectivity index (χ4v) is 5.78. The van der Waals surface area contributed by atoms with Gasteiger partial charge in [0.05, 0.1) is 6.26 Å². The number of hydrogen-bond acceptors (Lipinski definition) is 4. The summed E-state index contributed by atoms with van der Waals surface area (Å²) in [6, 6.07) is 0.00942. The molecule has 0 aromatic heterocycles. The van der Waals surface area contributed by atoms with Crippen LogP contribution in [0.2, 0.25) is 0 Å². The van der Waals surface area contributed by atoms with Crippen LogP contribution in [0.1, 0.15) is 44.9 Å². The predicted octanol–water partition coefficient (Wildman–Crippen LogP) is 1.38. The van der Waals surface area contributed by atoms with Gasteiger partial charge in [-0.05, 0) is 43.9 Å². The minimum absolute atomic E-state index is 0.251. The number of carbonyl (C=O) groups is 1. The molecule has 0 radical (unpaired) electrons. The monoisotopic (exact) mass is 344 g/mol. The van der Waals surface area contributed by atoms with Crippen molar-refractivity contribution < 1.29 is 18.3 Å². The normalized spacial score (nSPS) is 36.7. The molecule has 0 bridgehead atoms. The van der Waals surface area contributed by atoms with Crippen molar-refractivity contribution in [3.8, 4) is 0 Å². The Morgan fingerprint density at radius 2 is 1.91 bits per heavy atom. The quantitative estimate of drug-likeness (QED) is 0.833. The molecule has 3 fully saturated rings. The van der Waals surface area contributed by atoms with Gasteiger partial charge in [0.15, 0.2) is 0 Å². The van der Waals surface area contributed by atoms with Gasteiger partial charge in [-0.15, -0.1) is 0 Å². The first kappa shape index (κ1) is 17.2. The zero-order valence-electron chi connectivity index (χ0n) is 13.9. The molecule has 4 atom stereocenters. The second-order valence-corrected chi connectivity index (χ2v) is 9.51. The number of carboxylic acid groups (broad SMARTS) is 1. The minimum Gasteiger partial charge on any atom is -0.480 e. The van der Waals surface area contributed by atoms with E-state index in [9.17, 15) is 18.3 Å². The summed E-state index contributed by atoms with van der Waals surface area (Å²) in [5.74, 6) is 0.0515. The maximum Gasteiger partial charge on any atom is 0.320 e. The SMILES string of the molecule is CS(=O)(=O)N1CCCC(CN2C(C(=O)O)CC3CCCCC32)C1. The lowest BCUT2D eigenvalue weighted by Crippen LogP contribution is -2.48. The maximum absolute atomic E-state index is 11.8. The van der Waals surface area contributed by atoms with E-state index in [4.69, 9.17) is 0 Å². The molecule has 1 saturated carbocycles. The van der Waals surface area contributed by atoms with Crippen LogP contribution in [0.5, 0.6) is 0 Å². The van der Waals surface area contributed by atoms with Gasteiger partial charge in [0, 0.05) is 25.7 Å². The van der Waals surface area contributed by atoms with Crippen LogP contribution in [0, 0.1) is 11.8 Å². The van der Waals surface area contributed by atoms with E-state index < -0.39 is 16.0 Å². The van der Waals surface area contributed by atoms with Crippen LogP contribution in [0.15, 0.2) is 0 Å². The van der Waals surface area contributed by atoms with Crippen molar-refractivity contribution >= 4 is 16.0 Å². The lowest BCUT2D eigenvalue weighted by Gasteiger charge is -2.38. The number of carboxylic acids is 1. The average Bonchev–Trinajstić information content (AvgIpc) is 2.86. The highest BCUT2D eigenvalue weighted by molar-refractivity contribution is 7.88. The Bertz CT molecular complexity index is 550. The Labute approximate surface area is 138 Å². The molecular formula is C16H28N2O4S. The largest absolute Gasteiger partial charge is 0.480 e. The zero-order valence-corrected chi connectivity index (χ0v) is 14.7. The number of piperidine rings is 1. The molecule has 23 heavy (non-hydrogen) atoms. The van der Waals surface area contributed by atoms with E-state index in [-0.39, 0.29) is 12.0 Å². The molecule has 1 N–H and O–H groups in total. The summed E-state index contributed by atoms with van der Waals surface area (Å²) in [4.78, 5) is 13.9. The van der Waals surface area contributed by atoms with Crippen molar-refractivity contribution in [1.82, 2.24) is 9.21 Å². The summed E-state index contributed by atoms with van der Waals surface area (Å²) in [6.45, 7) is 1.87. The molecule has 2 aliphatic heterocycles. The molecule has 2 saturated heterocycles. The Kier molecular flexibility index (Phi) is 4.99. The Balaban J connectivity index is 1.70. The van der Waals surface area contributed by atoms with Crippen molar-refractivity contribution in [3.63, 3.8) is 0 Å². The van der Waals surface area contributed by atoms with Crippen molar-refractivity contribution in [1.29, 1.82) is 0 Å². The van der Waals surface area contributed by atoms with E-state index in [1.165, 1.54) is 19.1 Å². The molecule has 0 aromatic carbocycles. The van der Waals surface area contributed by atoms with E-state index in [0.717, 1.165) is 38.6 Å². The number of likely N-dealkylation sites (tertiary alicyclic amines) is 1. The van der Waals surface area contributed by atoms with Crippen LogP contribution in [-0.4, -0.2) is 66.7 Å². The molecule has 3 aliphatic rings. The topological polar surface area (TPSA) is 77.9 Å². The first-order valence-corrected chi connectivity index (χ1v) is 10.6. The first-order chi connectivity index (χ1) is 10.9. The molecule has 2 heterocycles. The molecule has 7 heteroatoms. The third-order valence-corrected chi connectivity index (χ3v) is 7.20. The fourth-order valence-electron chi connectivity index (χ4n) is 4.83. The highest BCUT2D eigenvalue weighted by atomic mass is 32.2. The summed E-state index contributed by atoms with van der Waals surface area (Å²) in [5.41, 5.74) is 0. The summed E-state index contributed by atoms with van der Waals surface area (Å²) in [6.07, 6.45) is 8.54. The fraction of sp³-hybridized carbons (Fsp3) is 0.938. The number of sulfonamides is 1. The molecule has 0 aromatic rings. The smallest absolute Gasteiger partial charge is 0.320 e. The standard InChI is InChI=1S/C16H28N2O4S/c1-23(21,22)17-8-4-5-12(10-17)11-18-14-7-3-2-6-13(14)9-15(18)16(19)20/h12-15H,2-11H2,1H3,(H,19,20). The number of fused-ring (bicyclic) bond motifs is 1. The summed E-state index contributed by atoms with van der Waals surface area (Å²) in [5, 5.41) is 9.59. The van der Waals surface area contributed by atoms with Gasteiger partial charge < -0.3 is 5.11 Å². The predicted molar refractivity (Wildman–Crippen MR) is 87.6 cm³/mol. The number of hydrogen-bond donors (Lipinski definition) is 1. The van der Waals surface area contributed by atoms with Crippen LogP contribution in [0.3, 0.4) is 0 Å². The minimum atomic E-state index is -3.15. The Morgan fingerprint density at radius 1 is 1.17 bits per heavy atom. The van der Waals surface area contributed by atoms with E-state index in [0.29, 0.717) is 25.0 Å². The number of aliphatic carboxylic acids is 1. The van der Waals surface area contributed by atoms with Gasteiger partial charge in [0.2, 0.25) is 10.0 Å². The van der Waals surface area contributed by atoms with Gasteiger partial charge >= 0.3 is 5.97 Å². The molecule has 3 rings (SSSR count). The maximum atomic E-state index is 11.8. The van der Waals surface area contributed by atoms with Gasteiger partial charge in [-0.2, -0.15) is 0 Å². The van der Waals surface area contributed by atoms with Gasteiger partial charge in [-0.3, -0.25) is 9.69 Å². The zero-order chi connectivity index (χ0) is 16.6. The van der Waals surface area contributed by atoms with Crippen molar-refractivity contribution in [2.45, 2.75) is 57.0 Å². The second-order valence-electron chi connectivity index (χ2n) is 7.53. The highest BCUT2D eigenvalue weighted by Crippen LogP contribution is 2.40. The summed E-state index contributed by atoms with van der Waals surface area (Å²) < 4.78 is 25.1. The van der Waals surface area contributed by atoms with E-state index in [1.54, 1.807) is 4.31 Å². The van der Waals surface area contributed by atoms with Crippen LogP contribution in [0.25, 0.3) is 0 Å². The Hall–Kier alpha value is -0.660. The van der Waals surface area contributed by atoms with Gasteiger partial charge in [-0.1, -0.05) is 12.8 Å². The molecule has 132 valence electrons. The lowest BCUT2D eigenvalue weighted by atomic mass is 9.84. The van der Waals surface area contributed by atoms with E-state index in [2.05, 4.69) is 4.90 Å². The average molecular weight is 344 g/mol. The van der Waals surface area contributed by atoms with Crippen LogP contribution in [0.4, 0.5) is 0 Å². The lowest BCUT2D eigenvalue weighted by molar-refractivity contribution is -0.143. The van der Waals surface area contributed by atoms with Crippen LogP contribution < -0.4 is 0 Å². The highest BCUT2D eigenvalue weighted by Gasteiger charge is 2.46. The second kappa shape index (κ2) is 6.69. The molecular weight excluding hydrogens is 316 g/mol. The van der Waals surface area contributed by atoms with Crippen LogP contribution >= 0.6 is 0 Å². The van der Waals surface area contributed by atoms with Gasteiger partial charge in [0.25, 0.3) is 0 Å². The van der Waals surface area contributed by atoms with Crippen molar-refractivity contribution in [3.05, 3.63) is 0 Å². The van der Waals surface area contributed by atoms with E-state index in [1.807, 2.05) is 0 Å². The molecule has 6 nitrogen and oxygen atoms in total. The number of nitrogens with zero attached hydrogens (tertiary/aromatic N) is 2. The van der Waals surface area contributed by atoms with Crippen molar-refractivity contribution in [2.24, 2.45) is 11.8 Å². The third-order valence-electron chi connectivity index (χ3n) is 5.93. The third kappa shape index (κ3) is 3.72. The molecule has 0 spiro atoms. The molecule has 0 amide bonds.